The normalized spacial score (nSPS) is 11.2. The minimum atomic E-state index is -1.15. The molecule has 146 valence electrons. The molecule has 3 aromatic carbocycles. The number of carboxylic acids is 1. The van der Waals surface area contributed by atoms with Gasteiger partial charge in [0.15, 0.2) is 0 Å². The molecule has 0 aromatic heterocycles. The lowest BCUT2D eigenvalue weighted by Crippen LogP contribution is -2.13. The van der Waals surface area contributed by atoms with Crippen molar-refractivity contribution in [1.29, 1.82) is 0 Å². The molecule has 0 spiro atoms. The monoisotopic (exact) mass is 429 g/mol. The van der Waals surface area contributed by atoms with E-state index in [1.807, 2.05) is 0 Å². The number of nitrogens with zero attached hydrogens (tertiary/aromatic N) is 2. The summed E-state index contributed by atoms with van der Waals surface area (Å²) in [4.78, 5) is 22.4. The van der Waals surface area contributed by atoms with Crippen LogP contribution in [0.3, 0.4) is 0 Å². The number of nitro benzene ring substituents is 1. The summed E-state index contributed by atoms with van der Waals surface area (Å²) in [6.45, 7) is 0. The van der Waals surface area contributed by atoms with Gasteiger partial charge in [0.05, 0.1) is 21.9 Å². The lowest BCUT2D eigenvalue weighted by Gasteiger charge is -2.11. The fraction of sp³-hybridized carbons (Fsp3) is 0. The molecule has 3 aromatic rings. The number of carbonyl (C=O) groups is 1. The van der Waals surface area contributed by atoms with Crippen molar-refractivity contribution in [3.8, 4) is 0 Å². The van der Waals surface area contributed by atoms with Crippen LogP contribution in [0.5, 0.6) is 0 Å². The second-order valence-electron chi connectivity index (χ2n) is 5.86. The molecule has 0 saturated heterocycles. The third-order valence-electron chi connectivity index (χ3n) is 3.95. The first-order valence-electron chi connectivity index (χ1n) is 8.23. The van der Waals surface area contributed by atoms with Crippen molar-refractivity contribution in [1.82, 2.24) is 0 Å². The minimum Gasteiger partial charge on any atom is -0.478 e. The third-order valence-corrected chi connectivity index (χ3v) is 4.50. The van der Waals surface area contributed by atoms with E-state index in [4.69, 9.17) is 23.2 Å². The molecule has 0 aliphatic rings. The molecule has 0 aliphatic heterocycles. The molecule has 0 heterocycles. The maximum absolute atomic E-state index is 11.7. The topological polar surface area (TPSA) is 105 Å². The predicted octanol–water partition coefficient (Wildman–Crippen LogP) is 5.46. The molecule has 0 fully saturated rings. The first kappa shape index (κ1) is 20.3. The van der Waals surface area contributed by atoms with Crippen molar-refractivity contribution < 1.29 is 14.8 Å². The summed E-state index contributed by atoms with van der Waals surface area (Å²) in [6.07, 6.45) is 0. The lowest BCUT2D eigenvalue weighted by molar-refractivity contribution is -0.384. The van der Waals surface area contributed by atoms with E-state index in [0.29, 0.717) is 16.3 Å². The van der Waals surface area contributed by atoms with Gasteiger partial charge < -0.3 is 5.11 Å². The summed E-state index contributed by atoms with van der Waals surface area (Å²) in [5.41, 5.74) is 3.87. The highest BCUT2D eigenvalue weighted by atomic mass is 35.5. The van der Waals surface area contributed by atoms with E-state index >= 15 is 0 Å². The van der Waals surface area contributed by atoms with Gasteiger partial charge in [-0.05, 0) is 30.3 Å². The van der Waals surface area contributed by atoms with Crippen molar-refractivity contribution in [2.75, 3.05) is 5.43 Å². The van der Waals surface area contributed by atoms with Crippen LogP contribution in [-0.4, -0.2) is 21.7 Å². The minimum absolute atomic E-state index is 0.00301. The standard InChI is InChI=1S/C20H13Cl2N3O4/c21-13-4-3-5-14(11-13)23-24-19(15-6-1-2-7-16(15)20(26)27)12-8-9-17(22)18(10-12)25(28)29/h1-11,23H,(H,26,27)/b24-19-. The molecule has 0 atom stereocenters. The van der Waals surface area contributed by atoms with E-state index in [0.717, 1.165) is 0 Å². The molecule has 0 unspecified atom stereocenters. The van der Waals surface area contributed by atoms with Crippen molar-refractivity contribution >= 4 is 46.3 Å². The number of halogens is 2. The van der Waals surface area contributed by atoms with Crippen LogP contribution in [0.25, 0.3) is 0 Å². The van der Waals surface area contributed by atoms with Gasteiger partial charge in [-0.15, -0.1) is 0 Å². The van der Waals surface area contributed by atoms with Gasteiger partial charge in [-0.3, -0.25) is 15.5 Å². The summed E-state index contributed by atoms with van der Waals surface area (Å²) in [5.74, 6) is -1.15. The molecule has 7 nitrogen and oxygen atoms in total. The Kier molecular flexibility index (Phi) is 6.11. The number of benzene rings is 3. The van der Waals surface area contributed by atoms with E-state index in [2.05, 4.69) is 10.5 Å². The van der Waals surface area contributed by atoms with E-state index in [1.165, 1.54) is 24.3 Å². The molecular weight excluding hydrogens is 417 g/mol. The van der Waals surface area contributed by atoms with Gasteiger partial charge in [-0.25, -0.2) is 4.79 Å². The lowest BCUT2D eigenvalue weighted by atomic mass is 9.97. The number of carboxylic acid groups (broad SMARTS) is 1. The Balaban J connectivity index is 2.17. The highest BCUT2D eigenvalue weighted by molar-refractivity contribution is 6.33. The highest BCUT2D eigenvalue weighted by Gasteiger charge is 2.20. The molecule has 2 N–H and O–H groups in total. The maximum Gasteiger partial charge on any atom is 0.336 e. The fourth-order valence-corrected chi connectivity index (χ4v) is 3.01. The third kappa shape index (κ3) is 4.71. The zero-order valence-electron chi connectivity index (χ0n) is 14.7. The number of nitro groups is 1. The molecule has 0 radical (unpaired) electrons. The second-order valence-corrected chi connectivity index (χ2v) is 6.70. The van der Waals surface area contributed by atoms with Gasteiger partial charge in [-0.2, -0.15) is 5.10 Å². The second kappa shape index (κ2) is 8.72. The molecule has 0 aliphatic carbocycles. The van der Waals surface area contributed by atoms with Crippen LogP contribution in [0, 0.1) is 10.1 Å². The number of hydrazone groups is 1. The zero-order chi connectivity index (χ0) is 21.0. The maximum atomic E-state index is 11.7. The predicted molar refractivity (Wildman–Crippen MR) is 112 cm³/mol. The smallest absolute Gasteiger partial charge is 0.336 e. The van der Waals surface area contributed by atoms with Gasteiger partial charge >= 0.3 is 5.97 Å². The number of hydrogen-bond acceptors (Lipinski definition) is 5. The Labute approximate surface area is 175 Å². The number of aromatic carboxylic acids is 1. The highest BCUT2D eigenvalue weighted by Crippen LogP contribution is 2.27. The van der Waals surface area contributed by atoms with Crippen molar-refractivity contribution in [3.05, 3.63) is 104 Å². The average Bonchev–Trinajstić information content (AvgIpc) is 2.69. The van der Waals surface area contributed by atoms with Crippen molar-refractivity contribution in [2.45, 2.75) is 0 Å². The number of hydrogen-bond donors (Lipinski definition) is 2. The molecule has 9 heteroatoms. The van der Waals surface area contributed by atoms with Gasteiger partial charge in [0, 0.05) is 22.2 Å². The zero-order valence-corrected chi connectivity index (χ0v) is 16.2. The van der Waals surface area contributed by atoms with E-state index < -0.39 is 10.9 Å². The Bertz CT molecular complexity index is 1130. The first-order valence-corrected chi connectivity index (χ1v) is 8.98. The Morgan fingerprint density at radius 1 is 1.00 bits per heavy atom. The summed E-state index contributed by atoms with van der Waals surface area (Å²) in [7, 11) is 0. The van der Waals surface area contributed by atoms with Crippen LogP contribution < -0.4 is 5.43 Å². The van der Waals surface area contributed by atoms with Gasteiger partial charge in [0.1, 0.15) is 5.02 Å². The Morgan fingerprint density at radius 3 is 2.38 bits per heavy atom. The number of nitrogens with one attached hydrogen (secondary N) is 1. The molecule has 0 saturated carbocycles. The van der Waals surface area contributed by atoms with Gasteiger partial charge in [-0.1, -0.05) is 53.5 Å². The quantitative estimate of drug-likeness (QED) is 0.307. The number of anilines is 1. The number of rotatable bonds is 6. The van der Waals surface area contributed by atoms with Gasteiger partial charge in [0.25, 0.3) is 5.69 Å². The SMILES string of the molecule is O=C(O)c1ccccc1/C(=N\Nc1cccc(Cl)c1)c1ccc(Cl)c([N+](=O)[O-])c1. The Morgan fingerprint density at radius 2 is 1.72 bits per heavy atom. The van der Waals surface area contributed by atoms with Crippen LogP contribution >= 0.6 is 23.2 Å². The summed E-state index contributed by atoms with van der Waals surface area (Å²) in [6, 6.07) is 17.2. The van der Waals surface area contributed by atoms with Crippen LogP contribution in [0.2, 0.25) is 10.0 Å². The summed E-state index contributed by atoms with van der Waals surface area (Å²) in [5, 5.41) is 25.6. The summed E-state index contributed by atoms with van der Waals surface area (Å²) >= 11 is 11.9. The average molecular weight is 430 g/mol. The molecule has 0 bridgehead atoms. The van der Waals surface area contributed by atoms with E-state index in [-0.39, 0.29) is 27.5 Å². The van der Waals surface area contributed by atoms with Crippen molar-refractivity contribution in [3.63, 3.8) is 0 Å². The van der Waals surface area contributed by atoms with Crippen LogP contribution in [0.1, 0.15) is 21.5 Å². The fourth-order valence-electron chi connectivity index (χ4n) is 2.63. The molecule has 29 heavy (non-hydrogen) atoms. The van der Waals surface area contributed by atoms with Gasteiger partial charge in [0.2, 0.25) is 0 Å². The van der Waals surface area contributed by atoms with Crippen LogP contribution in [0.15, 0.2) is 71.8 Å². The largest absolute Gasteiger partial charge is 0.478 e. The molecule has 0 amide bonds. The van der Waals surface area contributed by atoms with E-state index in [9.17, 15) is 20.0 Å². The van der Waals surface area contributed by atoms with Crippen LogP contribution in [-0.2, 0) is 0 Å². The molecule has 3 rings (SSSR count). The van der Waals surface area contributed by atoms with Crippen LogP contribution in [0.4, 0.5) is 11.4 Å². The summed E-state index contributed by atoms with van der Waals surface area (Å²) < 4.78 is 0. The van der Waals surface area contributed by atoms with E-state index in [1.54, 1.807) is 42.5 Å². The Hall–Kier alpha value is -3.42. The first-order chi connectivity index (χ1) is 13.9. The van der Waals surface area contributed by atoms with Crippen molar-refractivity contribution in [2.24, 2.45) is 5.10 Å². The molecular formula is C20H13Cl2N3O4.